The summed E-state index contributed by atoms with van der Waals surface area (Å²) in [5.74, 6) is 0.627. The average molecular weight is 454 g/mol. The van der Waals surface area contributed by atoms with Gasteiger partial charge in [0.05, 0.1) is 30.6 Å². The van der Waals surface area contributed by atoms with Gasteiger partial charge < -0.3 is 15.0 Å². The molecule has 0 bridgehead atoms. The van der Waals surface area contributed by atoms with Gasteiger partial charge >= 0.3 is 0 Å². The first-order valence-corrected chi connectivity index (χ1v) is 11.0. The second-order valence-corrected chi connectivity index (χ2v) is 8.43. The number of hydrogen-bond donors (Lipinski definition) is 1. The minimum absolute atomic E-state index is 0.0407. The Bertz CT molecular complexity index is 1070. The molecular weight excluding hydrogens is 426 g/mol. The Balaban J connectivity index is 1.37. The Hall–Kier alpha value is -3.03. The third-order valence-electron chi connectivity index (χ3n) is 5.77. The minimum atomic E-state index is -0.0407. The minimum Gasteiger partial charge on any atom is -0.496 e. The Morgan fingerprint density at radius 3 is 2.47 bits per heavy atom. The van der Waals surface area contributed by atoms with Crippen LogP contribution in [-0.2, 0) is 11.8 Å². The van der Waals surface area contributed by atoms with Crippen LogP contribution in [0, 0.1) is 6.92 Å². The molecule has 1 amide bonds. The lowest BCUT2D eigenvalue weighted by Crippen LogP contribution is -2.48. The molecule has 32 heavy (non-hydrogen) atoms. The molecule has 1 fully saturated rings. The van der Waals surface area contributed by atoms with E-state index >= 15 is 0 Å². The molecule has 4 rings (SSSR count). The van der Waals surface area contributed by atoms with Gasteiger partial charge in [0.2, 0.25) is 5.91 Å². The maximum atomic E-state index is 12.7. The Morgan fingerprint density at radius 1 is 1.12 bits per heavy atom. The highest BCUT2D eigenvalue weighted by Gasteiger charge is 2.20. The van der Waals surface area contributed by atoms with Crippen LogP contribution in [-0.4, -0.2) is 60.4 Å². The normalized spacial score (nSPS) is 14.4. The van der Waals surface area contributed by atoms with E-state index in [4.69, 9.17) is 16.3 Å². The summed E-state index contributed by atoms with van der Waals surface area (Å²) < 4.78 is 7.18. The van der Waals surface area contributed by atoms with E-state index < -0.39 is 0 Å². The second-order valence-electron chi connectivity index (χ2n) is 8.03. The van der Waals surface area contributed by atoms with Crippen LogP contribution in [0.25, 0.3) is 11.3 Å². The Kier molecular flexibility index (Phi) is 6.67. The third-order valence-corrected chi connectivity index (χ3v) is 6.05. The molecule has 0 radical (unpaired) electrons. The van der Waals surface area contributed by atoms with E-state index in [0.29, 0.717) is 23.0 Å². The summed E-state index contributed by atoms with van der Waals surface area (Å²) in [5, 5.41) is 7.74. The van der Waals surface area contributed by atoms with E-state index in [1.807, 2.05) is 25.2 Å². The number of aromatic nitrogens is 2. The van der Waals surface area contributed by atoms with Crippen LogP contribution in [0.4, 0.5) is 11.4 Å². The summed E-state index contributed by atoms with van der Waals surface area (Å²) in [6.45, 7) is 5.95. The molecule has 0 aliphatic carbocycles. The SMILES string of the molecule is COc1ccc(NC(=O)CN2CCN(c3ccc(C)cc3)CC2)cc1-c1c(Cl)cnn1C. The molecule has 1 N–H and O–H groups in total. The highest BCUT2D eigenvalue weighted by molar-refractivity contribution is 6.33. The number of halogens is 1. The standard InChI is InChI=1S/C24H28ClN5O2/c1-17-4-7-19(8-5-17)30-12-10-29(11-13-30)16-23(31)27-18-6-9-22(32-3)20(14-18)24-21(25)15-26-28(24)2/h4-9,14-15H,10-13,16H2,1-3H3,(H,27,31). The molecule has 0 atom stereocenters. The van der Waals surface area contributed by atoms with Gasteiger partial charge in [-0.1, -0.05) is 29.3 Å². The molecule has 1 saturated heterocycles. The number of amides is 1. The fourth-order valence-electron chi connectivity index (χ4n) is 4.01. The molecule has 2 aromatic carbocycles. The van der Waals surface area contributed by atoms with Crippen molar-refractivity contribution in [3.8, 4) is 17.0 Å². The molecule has 7 nitrogen and oxygen atoms in total. The summed E-state index contributed by atoms with van der Waals surface area (Å²) in [6.07, 6.45) is 1.60. The van der Waals surface area contributed by atoms with Crippen molar-refractivity contribution < 1.29 is 9.53 Å². The van der Waals surface area contributed by atoms with Crippen LogP contribution >= 0.6 is 11.6 Å². The van der Waals surface area contributed by atoms with Crippen molar-refractivity contribution >= 4 is 28.9 Å². The van der Waals surface area contributed by atoms with Crippen molar-refractivity contribution in [3.05, 3.63) is 59.2 Å². The Labute approximate surface area is 193 Å². The van der Waals surface area contributed by atoms with Crippen LogP contribution in [0.5, 0.6) is 5.75 Å². The summed E-state index contributed by atoms with van der Waals surface area (Å²) in [5.41, 5.74) is 4.71. The zero-order chi connectivity index (χ0) is 22.7. The van der Waals surface area contributed by atoms with Gasteiger partial charge in [0.1, 0.15) is 5.75 Å². The first-order chi connectivity index (χ1) is 15.4. The number of aryl methyl sites for hydroxylation is 2. The molecule has 8 heteroatoms. The van der Waals surface area contributed by atoms with E-state index in [-0.39, 0.29) is 5.91 Å². The van der Waals surface area contributed by atoms with E-state index in [0.717, 1.165) is 37.4 Å². The first-order valence-electron chi connectivity index (χ1n) is 10.6. The number of nitrogens with zero attached hydrogens (tertiary/aromatic N) is 4. The van der Waals surface area contributed by atoms with Gasteiger partial charge in [-0.25, -0.2) is 0 Å². The smallest absolute Gasteiger partial charge is 0.238 e. The topological polar surface area (TPSA) is 62.6 Å². The largest absolute Gasteiger partial charge is 0.496 e. The summed E-state index contributed by atoms with van der Waals surface area (Å²) >= 11 is 6.32. The zero-order valence-corrected chi connectivity index (χ0v) is 19.4. The third kappa shape index (κ3) is 4.89. The zero-order valence-electron chi connectivity index (χ0n) is 18.6. The van der Waals surface area contributed by atoms with E-state index in [2.05, 4.69) is 51.4 Å². The van der Waals surface area contributed by atoms with Gasteiger partial charge in [0.15, 0.2) is 0 Å². The maximum Gasteiger partial charge on any atom is 0.238 e. The van der Waals surface area contributed by atoms with Gasteiger partial charge in [-0.15, -0.1) is 0 Å². The number of carbonyl (C=O) groups is 1. The number of benzene rings is 2. The number of anilines is 2. The lowest BCUT2D eigenvalue weighted by molar-refractivity contribution is -0.117. The van der Waals surface area contributed by atoms with Crippen molar-refractivity contribution in [1.82, 2.24) is 14.7 Å². The number of piperazine rings is 1. The highest BCUT2D eigenvalue weighted by Crippen LogP contribution is 2.36. The van der Waals surface area contributed by atoms with E-state index in [9.17, 15) is 4.79 Å². The lowest BCUT2D eigenvalue weighted by Gasteiger charge is -2.35. The van der Waals surface area contributed by atoms with E-state index in [1.54, 1.807) is 18.0 Å². The molecule has 168 valence electrons. The fourth-order valence-corrected chi connectivity index (χ4v) is 4.28. The van der Waals surface area contributed by atoms with Gasteiger partial charge in [-0.05, 0) is 37.3 Å². The fraction of sp³-hybridized carbons (Fsp3) is 0.333. The van der Waals surface area contributed by atoms with Crippen molar-refractivity contribution in [2.45, 2.75) is 6.92 Å². The van der Waals surface area contributed by atoms with Crippen LogP contribution in [0.15, 0.2) is 48.7 Å². The van der Waals surface area contributed by atoms with Crippen molar-refractivity contribution in [3.63, 3.8) is 0 Å². The number of methoxy groups -OCH3 is 1. The highest BCUT2D eigenvalue weighted by atomic mass is 35.5. The second kappa shape index (κ2) is 9.63. The number of nitrogens with one attached hydrogen (secondary N) is 1. The lowest BCUT2D eigenvalue weighted by atomic mass is 10.1. The monoisotopic (exact) mass is 453 g/mol. The predicted octanol–water partition coefficient (Wildman–Crippen LogP) is 3.82. The van der Waals surface area contributed by atoms with Crippen molar-refractivity contribution in [2.24, 2.45) is 7.05 Å². The molecular formula is C24H28ClN5O2. The van der Waals surface area contributed by atoms with Crippen molar-refractivity contribution in [2.75, 3.05) is 50.1 Å². The predicted molar refractivity (Wildman–Crippen MR) is 129 cm³/mol. The number of carbonyl (C=O) groups excluding carboxylic acids is 1. The molecule has 1 aliphatic heterocycles. The van der Waals surface area contributed by atoms with Crippen molar-refractivity contribution in [1.29, 1.82) is 0 Å². The van der Waals surface area contributed by atoms with E-state index in [1.165, 1.54) is 11.3 Å². The molecule has 0 unspecified atom stereocenters. The summed E-state index contributed by atoms with van der Waals surface area (Å²) in [7, 11) is 3.43. The van der Waals surface area contributed by atoms with Crippen LogP contribution in [0.3, 0.4) is 0 Å². The van der Waals surface area contributed by atoms with Gasteiger partial charge in [0.25, 0.3) is 0 Å². The maximum absolute atomic E-state index is 12.7. The van der Waals surface area contributed by atoms with Crippen LogP contribution in [0.2, 0.25) is 5.02 Å². The number of ether oxygens (including phenoxy) is 1. The first kappa shape index (κ1) is 22.2. The Morgan fingerprint density at radius 2 is 1.84 bits per heavy atom. The average Bonchev–Trinajstić information content (AvgIpc) is 3.12. The number of hydrogen-bond acceptors (Lipinski definition) is 5. The molecule has 0 spiro atoms. The molecule has 0 saturated carbocycles. The molecule has 3 aromatic rings. The summed E-state index contributed by atoms with van der Waals surface area (Å²) in [4.78, 5) is 17.3. The van der Waals surface area contributed by atoms with Crippen LogP contribution < -0.4 is 15.0 Å². The molecule has 1 aliphatic rings. The molecule has 2 heterocycles. The molecule has 1 aromatic heterocycles. The van der Waals surface area contributed by atoms with Gasteiger partial charge in [0, 0.05) is 50.2 Å². The summed E-state index contributed by atoms with van der Waals surface area (Å²) in [6, 6.07) is 14.1. The number of rotatable bonds is 6. The van der Waals surface area contributed by atoms with Gasteiger partial charge in [-0.3, -0.25) is 14.4 Å². The van der Waals surface area contributed by atoms with Crippen LogP contribution in [0.1, 0.15) is 5.56 Å². The quantitative estimate of drug-likeness (QED) is 0.614. The van der Waals surface area contributed by atoms with Gasteiger partial charge in [-0.2, -0.15) is 5.10 Å².